The fourth-order valence-electron chi connectivity index (χ4n) is 1.96. The number of carbonyl (C=O) groups excluding carboxylic acids is 1. The van der Waals surface area contributed by atoms with Crippen LogP contribution in [0.1, 0.15) is 30.5 Å². The molecule has 1 aromatic heterocycles. The Morgan fingerprint density at radius 2 is 2.42 bits per heavy atom. The van der Waals surface area contributed by atoms with Gasteiger partial charge in [0.2, 0.25) is 0 Å². The Labute approximate surface area is 117 Å². The van der Waals surface area contributed by atoms with Gasteiger partial charge < -0.3 is 14.8 Å². The molecule has 0 bridgehead atoms. The zero-order chi connectivity index (χ0) is 13.8. The predicted molar refractivity (Wildman–Crippen MR) is 74.6 cm³/mol. The molecule has 0 saturated carbocycles. The molecule has 0 radical (unpaired) electrons. The van der Waals surface area contributed by atoms with Gasteiger partial charge in [-0.3, -0.25) is 4.79 Å². The highest BCUT2D eigenvalue weighted by Gasteiger charge is 2.20. The topological polar surface area (TPSA) is 60.5 Å². The fourth-order valence-corrected chi connectivity index (χ4v) is 2.79. The van der Waals surface area contributed by atoms with E-state index in [-0.39, 0.29) is 12.0 Å². The third kappa shape index (κ3) is 3.99. The largest absolute Gasteiger partial charge is 0.376 e. The number of hydrogen-bond acceptors (Lipinski definition) is 5. The zero-order valence-electron chi connectivity index (χ0n) is 11.6. The van der Waals surface area contributed by atoms with Crippen molar-refractivity contribution in [2.24, 2.45) is 0 Å². The van der Waals surface area contributed by atoms with Gasteiger partial charge in [0.05, 0.1) is 23.4 Å². The van der Waals surface area contributed by atoms with Gasteiger partial charge in [0.1, 0.15) is 11.1 Å². The average molecular weight is 284 g/mol. The van der Waals surface area contributed by atoms with Crippen molar-refractivity contribution in [3.8, 4) is 0 Å². The molecule has 0 aromatic carbocycles. The SMILES string of the molecule is Cc1nc(C)c(NC(=O)[C@H](C)OC[C@@H]2CCCO2)s1. The van der Waals surface area contributed by atoms with Crippen molar-refractivity contribution in [2.45, 2.75) is 45.8 Å². The van der Waals surface area contributed by atoms with E-state index in [1.54, 1.807) is 6.92 Å². The van der Waals surface area contributed by atoms with Crippen molar-refractivity contribution < 1.29 is 14.3 Å². The fraction of sp³-hybridized carbons (Fsp3) is 0.692. The number of aromatic nitrogens is 1. The van der Waals surface area contributed by atoms with Crippen molar-refractivity contribution in [1.29, 1.82) is 0 Å². The molecule has 19 heavy (non-hydrogen) atoms. The Morgan fingerprint density at radius 3 is 3.00 bits per heavy atom. The van der Waals surface area contributed by atoms with E-state index in [9.17, 15) is 4.79 Å². The first-order chi connectivity index (χ1) is 9.06. The molecule has 1 amide bonds. The lowest BCUT2D eigenvalue weighted by Crippen LogP contribution is -2.30. The summed E-state index contributed by atoms with van der Waals surface area (Å²) < 4.78 is 11.0. The molecule has 1 N–H and O–H groups in total. The third-order valence-electron chi connectivity index (χ3n) is 3.07. The molecule has 1 aromatic rings. The van der Waals surface area contributed by atoms with Crippen LogP contribution >= 0.6 is 11.3 Å². The number of aryl methyl sites for hydroxylation is 2. The van der Waals surface area contributed by atoms with Crippen LogP contribution in [0.3, 0.4) is 0 Å². The van der Waals surface area contributed by atoms with Crippen molar-refractivity contribution >= 4 is 22.2 Å². The lowest BCUT2D eigenvalue weighted by atomic mass is 10.2. The summed E-state index contributed by atoms with van der Waals surface area (Å²) in [6.45, 7) is 6.85. The Balaban J connectivity index is 1.80. The molecule has 106 valence electrons. The molecule has 2 heterocycles. The minimum Gasteiger partial charge on any atom is -0.376 e. The van der Waals surface area contributed by atoms with Crippen molar-refractivity contribution in [3.63, 3.8) is 0 Å². The van der Waals surface area contributed by atoms with Gasteiger partial charge in [-0.15, -0.1) is 11.3 Å². The minimum absolute atomic E-state index is 0.134. The van der Waals surface area contributed by atoms with Crippen molar-refractivity contribution in [2.75, 3.05) is 18.5 Å². The van der Waals surface area contributed by atoms with E-state index in [1.807, 2.05) is 13.8 Å². The van der Waals surface area contributed by atoms with Gasteiger partial charge in [-0.25, -0.2) is 4.98 Å². The molecule has 1 saturated heterocycles. The number of hydrogen-bond donors (Lipinski definition) is 1. The number of carbonyl (C=O) groups is 1. The summed E-state index contributed by atoms with van der Waals surface area (Å²) in [5.41, 5.74) is 0.849. The van der Waals surface area contributed by atoms with Gasteiger partial charge in [-0.1, -0.05) is 0 Å². The van der Waals surface area contributed by atoms with Gasteiger partial charge in [0, 0.05) is 6.61 Å². The van der Waals surface area contributed by atoms with E-state index in [0.29, 0.717) is 6.61 Å². The molecule has 2 rings (SSSR count). The highest BCUT2D eigenvalue weighted by atomic mass is 32.1. The molecule has 1 aliphatic rings. The summed E-state index contributed by atoms with van der Waals surface area (Å²) in [5, 5.41) is 4.60. The number of anilines is 1. The van der Waals surface area contributed by atoms with Crippen molar-refractivity contribution in [1.82, 2.24) is 4.98 Å². The smallest absolute Gasteiger partial charge is 0.253 e. The van der Waals surface area contributed by atoms with Crippen LogP contribution in [0.2, 0.25) is 0 Å². The van der Waals surface area contributed by atoms with Crippen LogP contribution in [0, 0.1) is 13.8 Å². The molecule has 5 nitrogen and oxygen atoms in total. The van der Waals surface area contributed by atoms with E-state index in [0.717, 1.165) is 35.2 Å². The number of amides is 1. The lowest BCUT2D eigenvalue weighted by molar-refractivity contribution is -0.128. The third-order valence-corrected chi connectivity index (χ3v) is 4.05. The van der Waals surface area contributed by atoms with Gasteiger partial charge in [0.15, 0.2) is 0 Å². The van der Waals surface area contributed by atoms with E-state index >= 15 is 0 Å². The van der Waals surface area contributed by atoms with Gasteiger partial charge in [-0.2, -0.15) is 0 Å². The Bertz CT molecular complexity index is 441. The first kappa shape index (κ1) is 14.4. The van der Waals surface area contributed by atoms with Crippen LogP contribution in [0.5, 0.6) is 0 Å². The van der Waals surface area contributed by atoms with Crippen LogP contribution in [-0.2, 0) is 14.3 Å². The number of nitrogens with one attached hydrogen (secondary N) is 1. The van der Waals surface area contributed by atoms with E-state index in [1.165, 1.54) is 11.3 Å². The summed E-state index contributed by atoms with van der Waals surface area (Å²) in [7, 11) is 0. The van der Waals surface area contributed by atoms with Gasteiger partial charge in [0.25, 0.3) is 5.91 Å². The minimum atomic E-state index is -0.481. The Hall–Kier alpha value is -0.980. The second-order valence-electron chi connectivity index (χ2n) is 4.75. The summed E-state index contributed by atoms with van der Waals surface area (Å²) >= 11 is 1.48. The summed E-state index contributed by atoms with van der Waals surface area (Å²) in [6, 6.07) is 0. The molecule has 0 aliphatic carbocycles. The van der Waals surface area contributed by atoms with Crippen LogP contribution in [0.25, 0.3) is 0 Å². The number of rotatable bonds is 5. The zero-order valence-corrected chi connectivity index (χ0v) is 12.4. The lowest BCUT2D eigenvalue weighted by Gasteiger charge is -2.15. The number of nitrogens with zero attached hydrogens (tertiary/aromatic N) is 1. The second kappa shape index (κ2) is 6.45. The molecule has 0 spiro atoms. The molecule has 1 fully saturated rings. The van der Waals surface area contributed by atoms with Crippen LogP contribution in [0.4, 0.5) is 5.00 Å². The molecular weight excluding hydrogens is 264 g/mol. The monoisotopic (exact) mass is 284 g/mol. The summed E-state index contributed by atoms with van der Waals surface area (Å²) in [6.07, 6.45) is 1.75. The Kier molecular flexibility index (Phi) is 4.90. The maximum Gasteiger partial charge on any atom is 0.253 e. The van der Waals surface area contributed by atoms with E-state index in [2.05, 4.69) is 10.3 Å². The maximum atomic E-state index is 12.0. The first-order valence-corrected chi connectivity index (χ1v) is 7.36. The Morgan fingerprint density at radius 1 is 1.63 bits per heavy atom. The quantitative estimate of drug-likeness (QED) is 0.901. The predicted octanol–water partition coefficient (Wildman–Crippen LogP) is 2.28. The molecule has 0 unspecified atom stereocenters. The normalized spacial score (nSPS) is 20.5. The van der Waals surface area contributed by atoms with E-state index < -0.39 is 6.10 Å². The standard InChI is InChI=1S/C13H20N2O3S/c1-8-13(19-10(3)14-8)15-12(16)9(2)18-7-11-5-4-6-17-11/h9,11H,4-7H2,1-3H3,(H,15,16)/t9-,11-/m0/s1. The molecule has 1 aliphatic heterocycles. The number of thiazole rings is 1. The first-order valence-electron chi connectivity index (χ1n) is 6.54. The van der Waals surface area contributed by atoms with Crippen molar-refractivity contribution in [3.05, 3.63) is 10.7 Å². The number of ether oxygens (including phenoxy) is 2. The summed E-state index contributed by atoms with van der Waals surface area (Å²) in [4.78, 5) is 16.3. The van der Waals surface area contributed by atoms with Crippen LogP contribution < -0.4 is 5.32 Å². The molecule has 2 atom stereocenters. The van der Waals surface area contributed by atoms with Gasteiger partial charge in [-0.05, 0) is 33.6 Å². The second-order valence-corrected chi connectivity index (χ2v) is 5.95. The van der Waals surface area contributed by atoms with Gasteiger partial charge >= 0.3 is 0 Å². The van der Waals surface area contributed by atoms with Crippen LogP contribution in [-0.4, -0.2) is 36.3 Å². The maximum absolute atomic E-state index is 12.0. The summed E-state index contributed by atoms with van der Waals surface area (Å²) in [5.74, 6) is -0.134. The van der Waals surface area contributed by atoms with Crippen LogP contribution in [0.15, 0.2) is 0 Å². The molecule has 6 heteroatoms. The average Bonchev–Trinajstić information content (AvgIpc) is 2.97. The highest BCUT2D eigenvalue weighted by Crippen LogP contribution is 2.23. The van der Waals surface area contributed by atoms with E-state index in [4.69, 9.17) is 9.47 Å². The highest BCUT2D eigenvalue weighted by molar-refractivity contribution is 7.16. The molecular formula is C13H20N2O3S.